The van der Waals surface area contributed by atoms with Gasteiger partial charge in [-0.2, -0.15) is 0 Å². The van der Waals surface area contributed by atoms with Gasteiger partial charge in [0, 0.05) is 19.6 Å². The first-order valence-electron chi connectivity index (χ1n) is 3.29. The highest BCUT2D eigenvalue weighted by Gasteiger charge is 2.26. The lowest BCUT2D eigenvalue weighted by Gasteiger charge is -2.21. The van der Waals surface area contributed by atoms with Crippen molar-refractivity contribution in [2.24, 2.45) is 0 Å². The zero-order valence-electron chi connectivity index (χ0n) is 4.97. The molecule has 2 aliphatic rings. The molecule has 0 radical (unpaired) electrons. The third-order valence-electron chi connectivity index (χ3n) is 1.99. The molecule has 2 heteroatoms. The Morgan fingerprint density at radius 2 is 2.38 bits per heavy atom. The Morgan fingerprint density at radius 3 is 3.12 bits per heavy atom. The minimum Gasteiger partial charge on any atom is -0.376 e. The van der Waals surface area contributed by atoms with E-state index < -0.39 is 0 Å². The Bertz CT molecular complexity index is 80.5. The predicted molar refractivity (Wildman–Crippen MR) is 30.8 cm³/mol. The summed E-state index contributed by atoms with van der Waals surface area (Å²) in [5, 5.41) is 0. The third kappa shape index (κ3) is 0.644. The molecule has 46 valence electrons. The highest BCUT2D eigenvalue weighted by molar-refractivity contribution is 4.79. The largest absolute Gasteiger partial charge is 0.376 e. The molecule has 0 aromatic carbocycles. The van der Waals surface area contributed by atoms with Crippen LogP contribution in [0.5, 0.6) is 0 Å². The lowest BCUT2D eigenvalue weighted by molar-refractivity contribution is 0.0183. The van der Waals surface area contributed by atoms with Gasteiger partial charge in [-0.05, 0) is 6.42 Å². The summed E-state index contributed by atoms with van der Waals surface area (Å²) < 4.78 is 5.43. The molecule has 8 heavy (non-hydrogen) atoms. The maximum Gasteiger partial charge on any atom is 0.0714 e. The van der Waals surface area contributed by atoms with Crippen molar-refractivity contribution in [1.29, 1.82) is 0 Å². The van der Waals surface area contributed by atoms with Crippen LogP contribution in [-0.4, -0.2) is 37.2 Å². The molecule has 2 fully saturated rings. The molecule has 2 heterocycles. The van der Waals surface area contributed by atoms with Crippen molar-refractivity contribution in [2.75, 3.05) is 26.2 Å². The number of hydrogen-bond acceptors (Lipinski definition) is 2. The van der Waals surface area contributed by atoms with Gasteiger partial charge in [-0.1, -0.05) is 0 Å². The summed E-state index contributed by atoms with van der Waals surface area (Å²) in [5.74, 6) is 0. The maximum atomic E-state index is 5.43. The second kappa shape index (κ2) is 1.71. The molecule has 0 aromatic rings. The van der Waals surface area contributed by atoms with Crippen LogP contribution < -0.4 is 0 Å². The fourth-order valence-corrected chi connectivity index (χ4v) is 1.48. The van der Waals surface area contributed by atoms with Crippen molar-refractivity contribution >= 4 is 0 Å². The summed E-state index contributed by atoms with van der Waals surface area (Å²) in [6.07, 6.45) is 1.85. The molecule has 2 saturated heterocycles. The number of hydrogen-bond donors (Lipinski definition) is 0. The van der Waals surface area contributed by atoms with E-state index in [1.807, 2.05) is 0 Å². The molecule has 2 rings (SSSR count). The molecule has 0 spiro atoms. The fraction of sp³-hybridized carbons (Fsp3) is 1.00. The average molecular weight is 113 g/mol. The SMILES string of the molecule is C1CN2CC[C@H](C2)O1. The lowest BCUT2D eigenvalue weighted by atomic mass is 10.3. The van der Waals surface area contributed by atoms with Gasteiger partial charge in [0.15, 0.2) is 0 Å². The van der Waals surface area contributed by atoms with Crippen molar-refractivity contribution in [3.8, 4) is 0 Å². The van der Waals surface area contributed by atoms with E-state index in [1.54, 1.807) is 0 Å². The number of rotatable bonds is 0. The van der Waals surface area contributed by atoms with Crippen LogP contribution in [0.15, 0.2) is 0 Å². The maximum absolute atomic E-state index is 5.43. The predicted octanol–water partition coefficient (Wildman–Crippen LogP) is 0.0909. The van der Waals surface area contributed by atoms with Gasteiger partial charge >= 0.3 is 0 Å². The number of morpholine rings is 1. The Kier molecular flexibility index (Phi) is 1.02. The molecule has 2 nitrogen and oxygen atoms in total. The van der Waals surface area contributed by atoms with E-state index in [9.17, 15) is 0 Å². The second-order valence-electron chi connectivity index (χ2n) is 2.58. The average Bonchev–Trinajstić information content (AvgIpc) is 2.12. The first-order valence-corrected chi connectivity index (χ1v) is 3.29. The van der Waals surface area contributed by atoms with Gasteiger partial charge in [0.2, 0.25) is 0 Å². The Hall–Kier alpha value is -0.0800. The second-order valence-corrected chi connectivity index (χ2v) is 2.58. The number of fused-ring (bicyclic) bond motifs is 2. The van der Waals surface area contributed by atoms with E-state index >= 15 is 0 Å². The highest BCUT2D eigenvalue weighted by Crippen LogP contribution is 2.15. The van der Waals surface area contributed by atoms with E-state index in [-0.39, 0.29) is 0 Å². The molecule has 2 atom stereocenters. The van der Waals surface area contributed by atoms with Crippen LogP contribution >= 0.6 is 0 Å². The summed E-state index contributed by atoms with van der Waals surface area (Å²) in [6, 6.07) is 0. The van der Waals surface area contributed by atoms with Gasteiger partial charge in [0.25, 0.3) is 0 Å². The molecule has 0 aromatic heterocycles. The van der Waals surface area contributed by atoms with E-state index in [0.29, 0.717) is 6.10 Å². The van der Waals surface area contributed by atoms with Crippen LogP contribution in [-0.2, 0) is 4.74 Å². The van der Waals surface area contributed by atoms with Gasteiger partial charge < -0.3 is 4.74 Å². The van der Waals surface area contributed by atoms with Gasteiger partial charge in [-0.25, -0.2) is 0 Å². The van der Waals surface area contributed by atoms with E-state index in [1.165, 1.54) is 19.5 Å². The normalized spacial score (nSPS) is 45.0. The van der Waals surface area contributed by atoms with Crippen LogP contribution in [0.25, 0.3) is 0 Å². The quantitative estimate of drug-likeness (QED) is 0.441. The Balaban J connectivity index is 2.03. The molecular formula is C6H11NO. The summed E-state index contributed by atoms with van der Waals surface area (Å²) in [6.45, 7) is 4.59. The fourth-order valence-electron chi connectivity index (χ4n) is 1.48. The first-order chi connectivity index (χ1) is 3.95. The number of ether oxygens (including phenoxy) is 1. The van der Waals surface area contributed by atoms with Crippen molar-refractivity contribution in [1.82, 2.24) is 4.90 Å². The summed E-state index contributed by atoms with van der Waals surface area (Å²) in [4.78, 5) is 2.47. The monoisotopic (exact) mass is 113 g/mol. The zero-order chi connectivity index (χ0) is 5.40. The standard InChI is InChI=1S/C6H11NO/c1-2-7-3-4-8-6(1)5-7/h6H,1-5H2/t6-/m1/s1. The first kappa shape index (κ1) is 4.77. The summed E-state index contributed by atoms with van der Waals surface area (Å²) >= 11 is 0. The minimum absolute atomic E-state index is 0.587. The molecule has 1 unspecified atom stereocenters. The van der Waals surface area contributed by atoms with Crippen LogP contribution in [0.4, 0.5) is 0 Å². The van der Waals surface area contributed by atoms with E-state index in [0.717, 1.165) is 13.2 Å². The van der Waals surface area contributed by atoms with Crippen molar-refractivity contribution in [2.45, 2.75) is 12.5 Å². The topological polar surface area (TPSA) is 12.5 Å². The zero-order valence-corrected chi connectivity index (χ0v) is 4.97. The molecule has 0 saturated carbocycles. The van der Waals surface area contributed by atoms with Crippen LogP contribution in [0.2, 0.25) is 0 Å². The lowest BCUT2D eigenvalue weighted by Crippen LogP contribution is -2.33. The molecule has 0 aliphatic carbocycles. The van der Waals surface area contributed by atoms with Gasteiger partial charge in [0.1, 0.15) is 0 Å². The molecule has 0 amide bonds. The van der Waals surface area contributed by atoms with E-state index in [2.05, 4.69) is 4.90 Å². The smallest absolute Gasteiger partial charge is 0.0714 e. The van der Waals surface area contributed by atoms with Crippen LogP contribution in [0, 0.1) is 0 Å². The minimum atomic E-state index is 0.587. The summed E-state index contributed by atoms with van der Waals surface area (Å²) in [5.41, 5.74) is 0. The van der Waals surface area contributed by atoms with Crippen LogP contribution in [0.1, 0.15) is 6.42 Å². The molecule has 2 bridgehead atoms. The third-order valence-corrected chi connectivity index (χ3v) is 1.99. The molecule has 2 aliphatic heterocycles. The van der Waals surface area contributed by atoms with Crippen molar-refractivity contribution in [3.63, 3.8) is 0 Å². The summed E-state index contributed by atoms with van der Waals surface area (Å²) in [7, 11) is 0. The van der Waals surface area contributed by atoms with Crippen molar-refractivity contribution in [3.05, 3.63) is 0 Å². The van der Waals surface area contributed by atoms with Crippen molar-refractivity contribution < 1.29 is 4.74 Å². The van der Waals surface area contributed by atoms with Gasteiger partial charge in [-0.15, -0.1) is 0 Å². The Labute approximate surface area is 49.4 Å². The number of nitrogens with zero attached hydrogens (tertiary/aromatic N) is 1. The Morgan fingerprint density at radius 1 is 1.38 bits per heavy atom. The van der Waals surface area contributed by atoms with Crippen LogP contribution in [0.3, 0.4) is 0 Å². The van der Waals surface area contributed by atoms with Gasteiger partial charge in [-0.3, -0.25) is 4.90 Å². The molecule has 0 N–H and O–H groups in total. The van der Waals surface area contributed by atoms with E-state index in [4.69, 9.17) is 4.74 Å². The van der Waals surface area contributed by atoms with Gasteiger partial charge in [0.05, 0.1) is 12.7 Å². The molecular weight excluding hydrogens is 102 g/mol. The highest BCUT2D eigenvalue weighted by atomic mass is 16.5.